The maximum atomic E-state index is 14.8. The van der Waals surface area contributed by atoms with Crippen molar-refractivity contribution in [2.24, 2.45) is 0 Å². The molecule has 2 heterocycles. The van der Waals surface area contributed by atoms with E-state index in [0.717, 1.165) is 38.2 Å². The van der Waals surface area contributed by atoms with Gasteiger partial charge < -0.3 is 9.80 Å². The summed E-state index contributed by atoms with van der Waals surface area (Å²) in [4.78, 5) is 57.4. The second kappa shape index (κ2) is 11.1. The van der Waals surface area contributed by atoms with Gasteiger partial charge in [0, 0.05) is 30.3 Å². The van der Waals surface area contributed by atoms with Crippen LogP contribution in [-0.4, -0.2) is 64.5 Å². The fourth-order valence-electron chi connectivity index (χ4n) is 5.05. The summed E-state index contributed by atoms with van der Waals surface area (Å²) in [6.07, 6.45) is -0.409. The van der Waals surface area contributed by atoms with Crippen LogP contribution in [0.1, 0.15) is 64.8 Å². The van der Waals surface area contributed by atoms with E-state index >= 15 is 0 Å². The summed E-state index contributed by atoms with van der Waals surface area (Å²) < 4.78 is 53.2. The number of alkyl halides is 3. The smallest absolute Gasteiger partial charge is 0.336 e. The molecule has 9 nitrogen and oxygen atoms in total. The summed E-state index contributed by atoms with van der Waals surface area (Å²) in [6.45, 7) is 3.33. The Morgan fingerprint density at radius 3 is 2.41 bits per heavy atom. The molecule has 1 aromatic heterocycles. The number of aromatic amines is 1. The zero-order valence-electron chi connectivity index (χ0n) is 21.6. The number of aromatic nitrogens is 2. The molecule has 4 rings (SSSR count). The van der Waals surface area contributed by atoms with Gasteiger partial charge in [0.25, 0.3) is 11.6 Å². The molecule has 0 bridgehead atoms. The van der Waals surface area contributed by atoms with Gasteiger partial charge in [-0.2, -0.15) is 18.0 Å². The van der Waals surface area contributed by atoms with Gasteiger partial charge >= 0.3 is 17.7 Å². The monoisotopic (exact) mass is 553 g/mol. The van der Waals surface area contributed by atoms with Crippen molar-refractivity contribution in [1.82, 2.24) is 14.9 Å². The molecule has 1 saturated heterocycles. The lowest BCUT2D eigenvalue weighted by Crippen LogP contribution is -2.58. The van der Waals surface area contributed by atoms with Crippen LogP contribution in [0.15, 0.2) is 23.0 Å². The number of halogens is 4. The fourth-order valence-corrected chi connectivity index (χ4v) is 5.05. The number of rotatable bonds is 5. The highest BCUT2D eigenvalue weighted by Gasteiger charge is 2.46. The van der Waals surface area contributed by atoms with Gasteiger partial charge in [-0.05, 0) is 44.4 Å². The SMILES string of the molecule is Cc1c(C)c(=O)[nH][n+](OC(=O)C(F)(F)F)c1Cc1ccc(F)c(C(=O)N2CCN(C3CCCCC3)C(=O)C2)c1. The summed E-state index contributed by atoms with van der Waals surface area (Å²) >= 11 is 0. The van der Waals surface area contributed by atoms with Crippen molar-refractivity contribution in [3.8, 4) is 0 Å². The largest absolute Gasteiger partial charge is 0.498 e. The fraction of sp³-hybridized carbons (Fsp3) is 0.500. The van der Waals surface area contributed by atoms with E-state index in [2.05, 4.69) is 9.94 Å². The van der Waals surface area contributed by atoms with E-state index in [0.29, 0.717) is 17.0 Å². The highest BCUT2D eigenvalue weighted by Crippen LogP contribution is 2.25. The Morgan fingerprint density at radius 2 is 1.77 bits per heavy atom. The van der Waals surface area contributed by atoms with Crippen LogP contribution >= 0.6 is 0 Å². The molecule has 0 atom stereocenters. The average molecular weight is 554 g/mol. The number of carbonyl (C=O) groups excluding carboxylic acids is 3. The van der Waals surface area contributed by atoms with Gasteiger partial charge in [-0.25, -0.2) is 9.18 Å². The summed E-state index contributed by atoms with van der Waals surface area (Å²) in [7, 11) is 0. The van der Waals surface area contributed by atoms with Crippen LogP contribution in [0.2, 0.25) is 0 Å². The molecule has 2 amide bonds. The predicted octanol–water partition coefficient (Wildman–Crippen LogP) is 2.14. The Kier molecular flexibility index (Phi) is 8.07. The zero-order chi connectivity index (χ0) is 28.5. The van der Waals surface area contributed by atoms with Crippen molar-refractivity contribution < 1.29 is 41.6 Å². The Balaban J connectivity index is 1.56. The number of hydrogen-bond acceptors (Lipinski definition) is 5. The minimum atomic E-state index is -5.31. The van der Waals surface area contributed by atoms with E-state index in [1.807, 2.05) is 0 Å². The predicted molar refractivity (Wildman–Crippen MR) is 128 cm³/mol. The zero-order valence-corrected chi connectivity index (χ0v) is 21.6. The van der Waals surface area contributed by atoms with E-state index in [-0.39, 0.29) is 53.8 Å². The molecule has 39 heavy (non-hydrogen) atoms. The number of H-pyrrole nitrogens is 1. The van der Waals surface area contributed by atoms with Gasteiger partial charge in [-0.3, -0.25) is 14.4 Å². The normalized spacial score (nSPS) is 16.9. The van der Waals surface area contributed by atoms with Crippen molar-refractivity contribution >= 4 is 17.8 Å². The number of carbonyl (C=O) groups is 3. The van der Waals surface area contributed by atoms with E-state index in [4.69, 9.17) is 0 Å². The molecule has 13 heteroatoms. The van der Waals surface area contributed by atoms with Crippen LogP contribution in [0, 0.1) is 19.7 Å². The average Bonchev–Trinajstić information content (AvgIpc) is 2.90. The van der Waals surface area contributed by atoms with E-state index < -0.39 is 29.4 Å². The van der Waals surface area contributed by atoms with Crippen molar-refractivity contribution in [3.63, 3.8) is 0 Å². The summed E-state index contributed by atoms with van der Waals surface area (Å²) in [5.74, 6) is -4.24. The molecule has 1 aliphatic heterocycles. The topological polar surface area (TPSA) is 104 Å². The van der Waals surface area contributed by atoms with E-state index in [1.165, 1.54) is 30.9 Å². The van der Waals surface area contributed by atoms with Gasteiger partial charge in [0.1, 0.15) is 17.2 Å². The van der Waals surface area contributed by atoms with Gasteiger partial charge in [-0.15, -0.1) is 0 Å². The molecule has 1 N–H and O–H groups in total. The third-order valence-corrected chi connectivity index (χ3v) is 7.38. The number of nitrogens with zero attached hydrogens (tertiary/aromatic N) is 3. The highest BCUT2D eigenvalue weighted by atomic mass is 19.4. The Bertz CT molecular complexity index is 1350. The summed E-state index contributed by atoms with van der Waals surface area (Å²) in [6, 6.07) is 3.77. The molecule has 0 spiro atoms. The van der Waals surface area contributed by atoms with Crippen LogP contribution < -0.4 is 15.2 Å². The lowest BCUT2D eigenvalue weighted by atomic mass is 9.93. The van der Waals surface area contributed by atoms with Crippen LogP contribution in [-0.2, 0) is 16.0 Å². The lowest BCUT2D eigenvalue weighted by Gasteiger charge is -2.40. The van der Waals surface area contributed by atoms with Gasteiger partial charge in [0.05, 0.1) is 12.0 Å². The lowest BCUT2D eigenvalue weighted by molar-refractivity contribution is -0.921. The Labute approximate surface area is 221 Å². The molecule has 2 aromatic rings. The molecule has 1 aliphatic carbocycles. The van der Waals surface area contributed by atoms with Crippen molar-refractivity contribution in [2.45, 2.75) is 64.6 Å². The van der Waals surface area contributed by atoms with Gasteiger partial charge in [0.2, 0.25) is 5.91 Å². The van der Waals surface area contributed by atoms with Crippen LogP contribution in [0.5, 0.6) is 0 Å². The molecule has 0 unspecified atom stereocenters. The summed E-state index contributed by atoms with van der Waals surface area (Å²) in [5.41, 5.74) is -0.348. The first-order valence-corrected chi connectivity index (χ1v) is 12.7. The minimum Gasteiger partial charge on any atom is -0.336 e. The van der Waals surface area contributed by atoms with Crippen LogP contribution in [0.4, 0.5) is 17.6 Å². The maximum absolute atomic E-state index is 14.8. The molecule has 2 fully saturated rings. The highest BCUT2D eigenvalue weighted by molar-refractivity contribution is 5.97. The molecular formula is C26H29F4N4O5+. The van der Waals surface area contributed by atoms with Crippen molar-refractivity contribution in [2.75, 3.05) is 19.6 Å². The summed E-state index contributed by atoms with van der Waals surface area (Å²) in [5, 5.41) is 2.07. The Morgan fingerprint density at radius 1 is 1.08 bits per heavy atom. The number of hydrogen-bond donors (Lipinski definition) is 1. The first kappa shape index (κ1) is 28.2. The molecule has 210 valence electrons. The number of piperazine rings is 1. The standard InChI is InChI=1S/C26H28F4N4O5/c1-15-16(2)23(36)31-34(39-25(38)26(28,29)30)21(15)13-17-8-9-20(27)19(12-17)24(37)32-10-11-33(22(35)14-32)18-6-4-3-5-7-18/h8-9,12,18H,3-7,10-11,13-14H2,1-2H3/p+1. The van der Waals surface area contributed by atoms with E-state index in [1.54, 1.807) is 4.90 Å². The van der Waals surface area contributed by atoms with Crippen LogP contribution in [0.3, 0.4) is 0 Å². The third kappa shape index (κ3) is 6.12. The van der Waals surface area contributed by atoms with Crippen molar-refractivity contribution in [3.05, 3.63) is 62.3 Å². The van der Waals surface area contributed by atoms with Crippen molar-refractivity contribution in [1.29, 1.82) is 0 Å². The Hall–Kier alpha value is -3.77. The second-order valence-electron chi connectivity index (χ2n) is 9.91. The molecule has 1 aromatic carbocycles. The molecular weight excluding hydrogens is 524 g/mol. The number of benzene rings is 1. The van der Waals surface area contributed by atoms with Gasteiger partial charge in [0.15, 0.2) is 0 Å². The van der Waals surface area contributed by atoms with Crippen LogP contribution in [0.25, 0.3) is 0 Å². The maximum Gasteiger partial charge on any atom is 0.498 e. The number of nitrogens with one attached hydrogen (secondary N) is 1. The van der Waals surface area contributed by atoms with E-state index in [9.17, 15) is 36.7 Å². The molecule has 0 radical (unpaired) electrons. The third-order valence-electron chi connectivity index (χ3n) is 7.38. The molecule has 1 saturated carbocycles. The van der Waals surface area contributed by atoms with Gasteiger partial charge in [-0.1, -0.05) is 30.4 Å². The second-order valence-corrected chi connectivity index (χ2v) is 9.91. The number of amides is 2. The quantitative estimate of drug-likeness (QED) is 0.452. The molecule has 2 aliphatic rings. The minimum absolute atomic E-state index is 0.00835. The first-order chi connectivity index (χ1) is 18.4. The first-order valence-electron chi connectivity index (χ1n) is 12.7.